The second-order valence-corrected chi connectivity index (χ2v) is 5.20. The zero-order valence-electron chi connectivity index (χ0n) is 10.5. The molecule has 0 spiro atoms. The van der Waals surface area contributed by atoms with E-state index in [1.54, 1.807) is 12.3 Å². The summed E-state index contributed by atoms with van der Waals surface area (Å²) in [6.45, 7) is 2.76. The van der Waals surface area contributed by atoms with Gasteiger partial charge in [0.2, 0.25) is 0 Å². The van der Waals surface area contributed by atoms with Crippen LogP contribution in [-0.2, 0) is 6.54 Å². The van der Waals surface area contributed by atoms with Crippen LogP contribution in [0.15, 0.2) is 36.5 Å². The van der Waals surface area contributed by atoms with Crippen LogP contribution in [0, 0.1) is 0 Å². The second-order valence-electron chi connectivity index (χ2n) is 4.36. The van der Waals surface area contributed by atoms with Gasteiger partial charge in [0.15, 0.2) is 0 Å². The predicted molar refractivity (Wildman–Crippen MR) is 80.4 cm³/mol. The summed E-state index contributed by atoms with van der Waals surface area (Å²) in [5.41, 5.74) is 7.75. The Labute approximate surface area is 122 Å². The summed E-state index contributed by atoms with van der Waals surface area (Å²) in [6, 6.07) is 9.43. The fourth-order valence-corrected chi connectivity index (χ4v) is 2.41. The molecular weight excluding hydrogens is 281 g/mol. The minimum absolute atomic E-state index is 0.124. The van der Waals surface area contributed by atoms with E-state index < -0.39 is 0 Å². The number of hydrogen-bond donors (Lipinski definition) is 2. The predicted octanol–water partition coefficient (Wildman–Crippen LogP) is 3.82. The van der Waals surface area contributed by atoms with Gasteiger partial charge in [0, 0.05) is 28.8 Å². The van der Waals surface area contributed by atoms with Crippen LogP contribution in [0.5, 0.6) is 0 Å². The van der Waals surface area contributed by atoms with Crippen molar-refractivity contribution in [3.05, 3.63) is 57.7 Å². The molecular formula is C14H15Cl2N3. The smallest absolute Gasteiger partial charge is 0.123 e. The largest absolute Gasteiger partial charge is 0.384 e. The molecule has 1 heterocycles. The number of rotatable bonds is 4. The van der Waals surface area contributed by atoms with Gasteiger partial charge in [-0.1, -0.05) is 29.3 Å². The molecule has 2 rings (SSSR count). The third-order valence-electron chi connectivity index (χ3n) is 2.89. The Bertz CT molecular complexity index is 572. The number of anilines is 1. The molecule has 0 saturated carbocycles. The van der Waals surface area contributed by atoms with Crippen LogP contribution >= 0.6 is 23.2 Å². The molecule has 1 aromatic heterocycles. The normalized spacial score (nSPS) is 12.4. The first-order valence-electron chi connectivity index (χ1n) is 5.95. The van der Waals surface area contributed by atoms with Crippen molar-refractivity contribution in [2.24, 2.45) is 0 Å². The Kier molecular flexibility index (Phi) is 4.64. The van der Waals surface area contributed by atoms with Crippen molar-refractivity contribution in [3.63, 3.8) is 0 Å². The molecule has 5 heteroatoms. The molecule has 0 fully saturated rings. The Balaban J connectivity index is 2.03. The molecule has 19 heavy (non-hydrogen) atoms. The van der Waals surface area contributed by atoms with Gasteiger partial charge in [-0.3, -0.25) is 0 Å². The SMILES string of the molecule is C[C@@H](NCc1ccnc(N)c1)c1ccc(Cl)cc1Cl. The lowest BCUT2D eigenvalue weighted by atomic mass is 10.1. The van der Waals surface area contributed by atoms with Gasteiger partial charge < -0.3 is 11.1 Å². The summed E-state index contributed by atoms with van der Waals surface area (Å²) in [5.74, 6) is 0.525. The molecule has 3 nitrogen and oxygen atoms in total. The number of nitrogens with two attached hydrogens (primary N) is 1. The lowest BCUT2D eigenvalue weighted by Gasteiger charge is -2.16. The van der Waals surface area contributed by atoms with E-state index in [1.165, 1.54) is 0 Å². The maximum absolute atomic E-state index is 6.18. The molecule has 0 aliphatic carbocycles. The lowest BCUT2D eigenvalue weighted by molar-refractivity contribution is 0.575. The van der Waals surface area contributed by atoms with Gasteiger partial charge in [0.1, 0.15) is 5.82 Å². The van der Waals surface area contributed by atoms with Gasteiger partial charge >= 0.3 is 0 Å². The number of hydrogen-bond acceptors (Lipinski definition) is 3. The Morgan fingerprint density at radius 1 is 1.26 bits per heavy atom. The standard InChI is InChI=1S/C14H15Cl2N3/c1-9(12-3-2-11(15)7-13(12)16)19-8-10-4-5-18-14(17)6-10/h2-7,9,19H,8H2,1H3,(H2,17,18)/t9-/m1/s1. The third-order valence-corrected chi connectivity index (χ3v) is 3.45. The number of nitrogens with one attached hydrogen (secondary N) is 1. The Morgan fingerprint density at radius 3 is 2.74 bits per heavy atom. The first-order valence-corrected chi connectivity index (χ1v) is 6.70. The summed E-state index contributed by atoms with van der Waals surface area (Å²) < 4.78 is 0. The van der Waals surface area contributed by atoms with Gasteiger partial charge in [-0.05, 0) is 42.3 Å². The van der Waals surface area contributed by atoms with E-state index in [4.69, 9.17) is 28.9 Å². The highest BCUT2D eigenvalue weighted by Crippen LogP contribution is 2.26. The highest BCUT2D eigenvalue weighted by atomic mass is 35.5. The molecule has 1 aromatic carbocycles. The van der Waals surface area contributed by atoms with Gasteiger partial charge in [-0.25, -0.2) is 4.98 Å². The van der Waals surface area contributed by atoms with Crippen LogP contribution in [0.2, 0.25) is 10.0 Å². The average Bonchev–Trinajstić information content (AvgIpc) is 2.36. The van der Waals surface area contributed by atoms with Crippen molar-refractivity contribution in [2.45, 2.75) is 19.5 Å². The minimum Gasteiger partial charge on any atom is -0.384 e. The Hall–Kier alpha value is -1.29. The minimum atomic E-state index is 0.124. The quantitative estimate of drug-likeness (QED) is 0.901. The molecule has 0 unspecified atom stereocenters. The van der Waals surface area contributed by atoms with E-state index in [1.807, 2.05) is 24.3 Å². The maximum Gasteiger partial charge on any atom is 0.123 e. The van der Waals surface area contributed by atoms with Gasteiger partial charge in [-0.2, -0.15) is 0 Å². The third kappa shape index (κ3) is 3.83. The van der Waals surface area contributed by atoms with Crippen LogP contribution in [-0.4, -0.2) is 4.98 Å². The zero-order chi connectivity index (χ0) is 13.8. The zero-order valence-corrected chi connectivity index (χ0v) is 12.0. The molecule has 1 atom stereocenters. The Morgan fingerprint density at radius 2 is 2.05 bits per heavy atom. The van der Waals surface area contributed by atoms with Crippen molar-refractivity contribution in [3.8, 4) is 0 Å². The summed E-state index contributed by atoms with van der Waals surface area (Å²) >= 11 is 12.1. The van der Waals surface area contributed by atoms with Crippen LogP contribution in [0.3, 0.4) is 0 Å². The van der Waals surface area contributed by atoms with Crippen LogP contribution in [0.25, 0.3) is 0 Å². The van der Waals surface area contributed by atoms with Crippen LogP contribution in [0.1, 0.15) is 24.1 Å². The van der Waals surface area contributed by atoms with E-state index in [0.717, 1.165) is 11.1 Å². The molecule has 100 valence electrons. The van der Waals surface area contributed by atoms with E-state index in [9.17, 15) is 0 Å². The van der Waals surface area contributed by atoms with Gasteiger partial charge in [0.25, 0.3) is 0 Å². The fraction of sp³-hybridized carbons (Fsp3) is 0.214. The average molecular weight is 296 g/mol. The molecule has 0 radical (unpaired) electrons. The van der Waals surface area contributed by atoms with Crippen molar-refractivity contribution >= 4 is 29.0 Å². The number of nitrogens with zero attached hydrogens (tertiary/aromatic N) is 1. The molecule has 0 saturated heterocycles. The summed E-state index contributed by atoms with van der Waals surface area (Å²) in [7, 11) is 0. The van der Waals surface area contributed by atoms with E-state index in [-0.39, 0.29) is 6.04 Å². The molecule has 0 aliphatic rings. The number of aromatic nitrogens is 1. The number of pyridine rings is 1. The first-order chi connectivity index (χ1) is 9.06. The van der Waals surface area contributed by atoms with Crippen molar-refractivity contribution in [2.75, 3.05) is 5.73 Å². The number of halogens is 2. The number of nitrogen functional groups attached to an aromatic ring is 1. The molecule has 0 amide bonds. The molecule has 0 aliphatic heterocycles. The summed E-state index contributed by atoms with van der Waals surface area (Å²) in [6.07, 6.45) is 1.70. The van der Waals surface area contributed by atoms with Gasteiger partial charge in [0.05, 0.1) is 0 Å². The molecule has 0 bridgehead atoms. The monoisotopic (exact) mass is 295 g/mol. The lowest BCUT2D eigenvalue weighted by Crippen LogP contribution is -2.18. The highest BCUT2D eigenvalue weighted by Gasteiger charge is 2.09. The number of benzene rings is 1. The topological polar surface area (TPSA) is 50.9 Å². The van der Waals surface area contributed by atoms with E-state index in [0.29, 0.717) is 22.4 Å². The van der Waals surface area contributed by atoms with E-state index >= 15 is 0 Å². The highest BCUT2D eigenvalue weighted by molar-refractivity contribution is 6.35. The molecule has 3 N–H and O–H groups in total. The fourth-order valence-electron chi connectivity index (χ4n) is 1.84. The molecule has 2 aromatic rings. The van der Waals surface area contributed by atoms with Crippen molar-refractivity contribution in [1.29, 1.82) is 0 Å². The van der Waals surface area contributed by atoms with Crippen molar-refractivity contribution < 1.29 is 0 Å². The summed E-state index contributed by atoms with van der Waals surface area (Å²) in [4.78, 5) is 3.96. The first kappa shape index (κ1) is 14.1. The van der Waals surface area contributed by atoms with Crippen molar-refractivity contribution in [1.82, 2.24) is 10.3 Å². The second kappa shape index (κ2) is 6.24. The van der Waals surface area contributed by atoms with Crippen LogP contribution in [0.4, 0.5) is 5.82 Å². The van der Waals surface area contributed by atoms with E-state index in [2.05, 4.69) is 17.2 Å². The summed E-state index contributed by atoms with van der Waals surface area (Å²) in [5, 5.41) is 4.70. The maximum atomic E-state index is 6.18. The van der Waals surface area contributed by atoms with Crippen LogP contribution < -0.4 is 11.1 Å². The van der Waals surface area contributed by atoms with Gasteiger partial charge in [-0.15, -0.1) is 0 Å².